The first-order valence-electron chi connectivity index (χ1n) is 8.89. The molecule has 4 amide bonds. The van der Waals surface area contributed by atoms with E-state index in [1.807, 2.05) is 0 Å². The maximum atomic E-state index is 13.2. The average molecular weight is 397 g/mol. The number of methoxy groups -OCH3 is 1. The van der Waals surface area contributed by atoms with Crippen molar-refractivity contribution in [3.8, 4) is 5.75 Å². The lowest BCUT2D eigenvalue weighted by Gasteiger charge is -2.19. The number of urea groups is 1. The van der Waals surface area contributed by atoms with Crippen molar-refractivity contribution in [1.82, 2.24) is 4.90 Å². The maximum Gasteiger partial charge on any atom is 0.332 e. The van der Waals surface area contributed by atoms with Crippen molar-refractivity contribution >= 4 is 29.2 Å². The lowest BCUT2D eigenvalue weighted by Crippen LogP contribution is -2.38. The third kappa shape index (κ3) is 4.26. The highest BCUT2D eigenvalue weighted by Gasteiger charge is 2.46. The van der Waals surface area contributed by atoms with Crippen molar-refractivity contribution in [3.63, 3.8) is 0 Å². The molecule has 1 N–H and O–H groups in total. The van der Waals surface area contributed by atoms with Gasteiger partial charge in [-0.3, -0.25) is 9.59 Å². The van der Waals surface area contributed by atoms with E-state index in [1.54, 1.807) is 24.3 Å². The van der Waals surface area contributed by atoms with E-state index in [0.717, 1.165) is 17.0 Å². The Morgan fingerprint density at radius 2 is 1.83 bits per heavy atom. The topological polar surface area (TPSA) is 79.0 Å². The van der Waals surface area contributed by atoms with Crippen LogP contribution in [0.4, 0.5) is 20.6 Å². The lowest BCUT2D eigenvalue weighted by atomic mass is 10.1. The zero-order valence-electron chi connectivity index (χ0n) is 15.8. The molecule has 1 saturated heterocycles. The number of amides is 4. The van der Waals surface area contributed by atoms with Crippen LogP contribution in [-0.2, 0) is 9.59 Å². The van der Waals surface area contributed by atoms with E-state index < -0.39 is 29.7 Å². The number of anilines is 2. The molecule has 7 nitrogen and oxygen atoms in total. The molecule has 150 valence electrons. The number of nitrogens with zero attached hydrogens (tertiary/aromatic N) is 2. The Hall–Kier alpha value is -3.68. The maximum absolute atomic E-state index is 13.2. The molecule has 3 rings (SSSR count). The fourth-order valence-electron chi connectivity index (χ4n) is 3.07. The highest BCUT2D eigenvalue weighted by atomic mass is 19.1. The molecule has 0 radical (unpaired) electrons. The molecule has 1 aliphatic heterocycles. The fraction of sp³-hybridized carbons (Fsp3) is 0.190. The monoisotopic (exact) mass is 397 g/mol. The Labute approximate surface area is 167 Å². The van der Waals surface area contributed by atoms with Crippen LogP contribution in [0.25, 0.3) is 0 Å². The van der Waals surface area contributed by atoms with Crippen LogP contribution < -0.4 is 15.0 Å². The average Bonchev–Trinajstić information content (AvgIpc) is 2.94. The Morgan fingerprint density at radius 3 is 2.41 bits per heavy atom. The minimum absolute atomic E-state index is 0.1000. The van der Waals surface area contributed by atoms with E-state index in [9.17, 15) is 18.8 Å². The van der Waals surface area contributed by atoms with Crippen LogP contribution >= 0.6 is 0 Å². The molecule has 1 aliphatic rings. The fourth-order valence-corrected chi connectivity index (χ4v) is 3.07. The number of hydrogen-bond acceptors (Lipinski definition) is 4. The summed E-state index contributed by atoms with van der Waals surface area (Å²) in [6.07, 6.45) is 1.26. The Kier molecular flexibility index (Phi) is 5.92. The van der Waals surface area contributed by atoms with Crippen molar-refractivity contribution in [2.75, 3.05) is 23.9 Å². The van der Waals surface area contributed by atoms with Crippen LogP contribution in [0.3, 0.4) is 0 Å². The summed E-state index contributed by atoms with van der Waals surface area (Å²) < 4.78 is 18.3. The van der Waals surface area contributed by atoms with Gasteiger partial charge in [-0.1, -0.05) is 6.08 Å². The Morgan fingerprint density at radius 1 is 1.17 bits per heavy atom. The Balaban J connectivity index is 1.77. The molecule has 2 aromatic carbocycles. The largest absolute Gasteiger partial charge is 0.497 e. The standard InChI is InChI=1S/C21H20FN3O4/c1-3-12-24-18(13-19(26)23-15-6-10-17(29-2)11-7-15)20(27)25(21(24)28)16-8-4-14(22)5-9-16/h3-11,18H,1,12-13H2,2H3,(H,23,26). The predicted octanol–water partition coefficient (Wildman–Crippen LogP) is 3.19. The second-order valence-corrected chi connectivity index (χ2v) is 6.37. The van der Waals surface area contributed by atoms with E-state index in [1.165, 1.54) is 30.2 Å². The van der Waals surface area contributed by atoms with Gasteiger partial charge >= 0.3 is 6.03 Å². The molecule has 1 atom stereocenters. The van der Waals surface area contributed by atoms with Gasteiger partial charge in [0.05, 0.1) is 19.2 Å². The second kappa shape index (κ2) is 8.55. The van der Waals surface area contributed by atoms with Gasteiger partial charge in [0.25, 0.3) is 5.91 Å². The molecule has 29 heavy (non-hydrogen) atoms. The first-order valence-corrected chi connectivity index (χ1v) is 8.89. The van der Waals surface area contributed by atoms with Gasteiger partial charge < -0.3 is 15.0 Å². The number of benzene rings is 2. The first-order chi connectivity index (χ1) is 13.9. The number of halogens is 1. The van der Waals surface area contributed by atoms with Gasteiger partial charge in [0.1, 0.15) is 17.6 Å². The number of rotatable bonds is 7. The molecular formula is C21H20FN3O4. The van der Waals surface area contributed by atoms with Crippen LogP contribution in [-0.4, -0.2) is 42.4 Å². The van der Waals surface area contributed by atoms with E-state index >= 15 is 0 Å². The highest BCUT2D eigenvalue weighted by Crippen LogP contribution is 2.27. The summed E-state index contributed by atoms with van der Waals surface area (Å²) in [6, 6.07) is 10.2. The quantitative estimate of drug-likeness (QED) is 0.575. The highest BCUT2D eigenvalue weighted by molar-refractivity contribution is 6.22. The molecule has 2 aromatic rings. The van der Waals surface area contributed by atoms with E-state index in [-0.39, 0.29) is 18.7 Å². The third-order valence-electron chi connectivity index (χ3n) is 4.48. The summed E-state index contributed by atoms with van der Waals surface area (Å²) >= 11 is 0. The second-order valence-electron chi connectivity index (χ2n) is 6.37. The van der Waals surface area contributed by atoms with E-state index in [2.05, 4.69) is 11.9 Å². The van der Waals surface area contributed by atoms with Gasteiger partial charge in [-0.15, -0.1) is 6.58 Å². The lowest BCUT2D eigenvalue weighted by molar-refractivity contribution is -0.124. The molecule has 0 aliphatic carbocycles. The summed E-state index contributed by atoms with van der Waals surface area (Å²) in [5.41, 5.74) is 0.784. The van der Waals surface area contributed by atoms with Crippen molar-refractivity contribution in [2.45, 2.75) is 12.5 Å². The van der Waals surface area contributed by atoms with Gasteiger partial charge in [0, 0.05) is 12.2 Å². The smallest absolute Gasteiger partial charge is 0.332 e. The van der Waals surface area contributed by atoms with E-state index in [0.29, 0.717) is 11.4 Å². The summed E-state index contributed by atoms with van der Waals surface area (Å²) in [7, 11) is 1.54. The summed E-state index contributed by atoms with van der Waals surface area (Å²) in [5.74, 6) is -0.803. The van der Waals surface area contributed by atoms with Gasteiger partial charge in [0.15, 0.2) is 0 Å². The summed E-state index contributed by atoms with van der Waals surface area (Å²) in [4.78, 5) is 40.4. The first kappa shape index (κ1) is 20.1. The molecule has 1 unspecified atom stereocenters. The predicted molar refractivity (Wildman–Crippen MR) is 106 cm³/mol. The van der Waals surface area contributed by atoms with Gasteiger partial charge in [-0.05, 0) is 48.5 Å². The number of hydrogen-bond donors (Lipinski definition) is 1. The molecule has 8 heteroatoms. The molecule has 0 bridgehead atoms. The van der Waals surface area contributed by atoms with Crippen molar-refractivity contribution in [3.05, 3.63) is 67.0 Å². The zero-order chi connectivity index (χ0) is 21.0. The zero-order valence-corrected chi connectivity index (χ0v) is 15.8. The number of ether oxygens (including phenoxy) is 1. The van der Waals surface area contributed by atoms with E-state index in [4.69, 9.17) is 4.74 Å². The molecular weight excluding hydrogens is 377 g/mol. The normalized spacial score (nSPS) is 16.1. The minimum Gasteiger partial charge on any atom is -0.497 e. The van der Waals surface area contributed by atoms with Crippen molar-refractivity contribution in [2.24, 2.45) is 0 Å². The molecule has 0 saturated carbocycles. The number of nitrogens with one attached hydrogen (secondary N) is 1. The van der Waals surface area contributed by atoms with Crippen molar-refractivity contribution in [1.29, 1.82) is 0 Å². The van der Waals surface area contributed by atoms with Gasteiger partial charge in [-0.25, -0.2) is 14.1 Å². The molecule has 0 spiro atoms. The van der Waals surface area contributed by atoms with Crippen LogP contribution in [0.5, 0.6) is 5.75 Å². The van der Waals surface area contributed by atoms with Crippen LogP contribution in [0.15, 0.2) is 61.2 Å². The third-order valence-corrected chi connectivity index (χ3v) is 4.48. The van der Waals surface area contributed by atoms with Gasteiger partial charge in [0.2, 0.25) is 5.91 Å². The van der Waals surface area contributed by atoms with Crippen LogP contribution in [0.2, 0.25) is 0 Å². The van der Waals surface area contributed by atoms with Crippen molar-refractivity contribution < 1.29 is 23.5 Å². The number of carbonyl (C=O) groups is 3. The SMILES string of the molecule is C=CCN1C(=O)N(c2ccc(F)cc2)C(=O)C1CC(=O)Nc1ccc(OC)cc1. The summed E-state index contributed by atoms with van der Waals surface area (Å²) in [5, 5.41) is 2.70. The number of imide groups is 1. The van der Waals surface area contributed by atoms with Gasteiger partial charge in [-0.2, -0.15) is 0 Å². The number of carbonyl (C=O) groups excluding carboxylic acids is 3. The van der Waals surface area contributed by atoms with Crippen LogP contribution in [0, 0.1) is 5.82 Å². The summed E-state index contributed by atoms with van der Waals surface area (Å²) in [6.45, 7) is 3.70. The molecule has 1 fully saturated rings. The molecule has 0 aromatic heterocycles. The van der Waals surface area contributed by atoms with Crippen LogP contribution in [0.1, 0.15) is 6.42 Å². The Bertz CT molecular complexity index is 928. The molecule has 1 heterocycles. The minimum atomic E-state index is -0.983.